The fourth-order valence-electron chi connectivity index (χ4n) is 3.74. The van der Waals surface area contributed by atoms with Crippen LogP contribution in [0, 0.1) is 0 Å². The van der Waals surface area contributed by atoms with Gasteiger partial charge in [-0.3, -0.25) is 9.78 Å². The number of nitrogens with zero attached hydrogens (tertiary/aromatic N) is 2. The van der Waals surface area contributed by atoms with E-state index in [-0.39, 0.29) is 5.91 Å². The zero-order valence-electron chi connectivity index (χ0n) is 19.6. The van der Waals surface area contributed by atoms with Crippen LogP contribution in [0.1, 0.15) is 27.2 Å². The molecule has 0 aliphatic carbocycles. The van der Waals surface area contributed by atoms with Crippen molar-refractivity contribution < 1.29 is 14.3 Å². The third-order valence-corrected chi connectivity index (χ3v) is 6.05. The molecule has 35 heavy (non-hydrogen) atoms. The summed E-state index contributed by atoms with van der Waals surface area (Å²) in [7, 11) is 1.62. The van der Waals surface area contributed by atoms with E-state index >= 15 is 0 Å². The first-order valence-electron chi connectivity index (χ1n) is 11.4. The summed E-state index contributed by atoms with van der Waals surface area (Å²) in [4.78, 5) is 19.7. The molecular formula is C29H27BrN2O3. The van der Waals surface area contributed by atoms with Gasteiger partial charge >= 0.3 is 0 Å². The van der Waals surface area contributed by atoms with Gasteiger partial charge in [0.1, 0.15) is 6.61 Å². The first kappa shape index (κ1) is 24.5. The second-order valence-electron chi connectivity index (χ2n) is 8.07. The summed E-state index contributed by atoms with van der Waals surface area (Å²) in [6.45, 7) is 1.43. The summed E-state index contributed by atoms with van der Waals surface area (Å²) in [6.07, 6.45) is 2.44. The van der Waals surface area contributed by atoms with Gasteiger partial charge in [-0.2, -0.15) is 0 Å². The molecule has 0 saturated carbocycles. The Balaban J connectivity index is 1.52. The Morgan fingerprint density at radius 2 is 1.71 bits per heavy atom. The second-order valence-corrected chi connectivity index (χ2v) is 8.98. The van der Waals surface area contributed by atoms with Crippen molar-refractivity contribution in [2.45, 2.75) is 19.6 Å². The van der Waals surface area contributed by atoms with Crippen LogP contribution in [0.15, 0.2) is 102 Å². The molecule has 0 N–H and O–H groups in total. The van der Waals surface area contributed by atoms with Crippen molar-refractivity contribution in [1.29, 1.82) is 0 Å². The summed E-state index contributed by atoms with van der Waals surface area (Å²) >= 11 is 3.47. The van der Waals surface area contributed by atoms with Gasteiger partial charge in [-0.15, -0.1) is 0 Å². The molecule has 0 unspecified atom stereocenters. The van der Waals surface area contributed by atoms with Crippen LogP contribution in [0.25, 0.3) is 0 Å². The van der Waals surface area contributed by atoms with Gasteiger partial charge in [0, 0.05) is 41.4 Å². The second kappa shape index (κ2) is 12.2. The van der Waals surface area contributed by atoms with Crippen molar-refractivity contribution >= 4 is 21.8 Å². The van der Waals surface area contributed by atoms with E-state index in [0.717, 1.165) is 21.3 Å². The Hall–Kier alpha value is -3.64. The highest BCUT2D eigenvalue weighted by Gasteiger charge is 2.18. The molecule has 0 bridgehead atoms. The van der Waals surface area contributed by atoms with Crippen LogP contribution in [0.2, 0.25) is 0 Å². The third-order valence-electron chi connectivity index (χ3n) is 5.56. The maximum atomic E-state index is 13.4. The maximum absolute atomic E-state index is 13.4. The summed E-state index contributed by atoms with van der Waals surface area (Å²) in [5.74, 6) is 1.27. The Labute approximate surface area is 214 Å². The topological polar surface area (TPSA) is 51.7 Å². The van der Waals surface area contributed by atoms with Crippen molar-refractivity contribution in [3.63, 3.8) is 0 Å². The van der Waals surface area contributed by atoms with E-state index < -0.39 is 0 Å². The Bertz CT molecular complexity index is 1250. The van der Waals surface area contributed by atoms with Crippen LogP contribution in [-0.4, -0.2) is 29.4 Å². The molecule has 5 nitrogen and oxygen atoms in total. The average Bonchev–Trinajstić information content (AvgIpc) is 2.91. The number of benzene rings is 3. The van der Waals surface area contributed by atoms with E-state index in [1.165, 1.54) is 0 Å². The molecule has 1 aromatic heterocycles. The smallest absolute Gasteiger partial charge is 0.254 e. The van der Waals surface area contributed by atoms with Gasteiger partial charge in [0.05, 0.1) is 7.11 Å². The number of ether oxygens (including phenoxy) is 2. The number of hydrogen-bond acceptors (Lipinski definition) is 4. The molecule has 4 aromatic rings. The molecule has 3 aromatic carbocycles. The van der Waals surface area contributed by atoms with Crippen LogP contribution in [-0.2, 0) is 19.6 Å². The highest BCUT2D eigenvalue weighted by molar-refractivity contribution is 9.10. The molecule has 0 aliphatic heterocycles. The van der Waals surface area contributed by atoms with Gasteiger partial charge in [0.25, 0.3) is 5.91 Å². The normalized spacial score (nSPS) is 10.6. The maximum Gasteiger partial charge on any atom is 0.254 e. The molecular weight excluding hydrogens is 504 g/mol. The van der Waals surface area contributed by atoms with Crippen LogP contribution in [0.4, 0.5) is 0 Å². The molecule has 0 fully saturated rings. The van der Waals surface area contributed by atoms with Crippen molar-refractivity contribution in [2.24, 2.45) is 0 Å². The number of amides is 1. The van der Waals surface area contributed by atoms with Gasteiger partial charge < -0.3 is 14.4 Å². The lowest BCUT2D eigenvalue weighted by Gasteiger charge is -2.24. The minimum absolute atomic E-state index is 0.0365. The predicted molar refractivity (Wildman–Crippen MR) is 141 cm³/mol. The molecule has 4 rings (SSSR count). The van der Waals surface area contributed by atoms with Crippen LogP contribution in [0.5, 0.6) is 11.5 Å². The van der Waals surface area contributed by atoms with Gasteiger partial charge in [-0.1, -0.05) is 64.5 Å². The molecule has 6 heteroatoms. The Kier molecular flexibility index (Phi) is 8.52. The number of carbonyl (C=O) groups excluding carboxylic acids is 1. The average molecular weight is 531 g/mol. The third kappa shape index (κ3) is 6.93. The summed E-state index contributed by atoms with van der Waals surface area (Å²) < 4.78 is 12.5. The minimum atomic E-state index is -0.0365. The lowest BCUT2D eigenvalue weighted by atomic mass is 10.1. The molecule has 0 spiro atoms. The standard InChI is InChI=1S/C29H27BrN2O3/c1-34-28-18-23(13-14-27(28)35-21-22-8-3-2-4-9-22)20-32(17-15-26-12-5-6-16-31-26)29(33)24-10-7-11-25(30)19-24/h2-14,16,18-19H,15,17,20-21H2,1H3. The van der Waals surface area contributed by atoms with Crippen molar-refractivity contribution in [3.05, 3.63) is 124 Å². The molecule has 0 aliphatic rings. The fraction of sp³-hybridized carbons (Fsp3) is 0.172. The van der Waals surface area contributed by atoms with Gasteiger partial charge in [0.2, 0.25) is 0 Å². The van der Waals surface area contributed by atoms with E-state index in [0.29, 0.717) is 43.2 Å². The lowest BCUT2D eigenvalue weighted by molar-refractivity contribution is 0.0744. The molecule has 1 amide bonds. The molecule has 178 valence electrons. The van der Waals surface area contributed by atoms with Gasteiger partial charge in [-0.05, 0) is 53.6 Å². The minimum Gasteiger partial charge on any atom is -0.493 e. The van der Waals surface area contributed by atoms with Crippen LogP contribution < -0.4 is 9.47 Å². The van der Waals surface area contributed by atoms with E-state index in [4.69, 9.17) is 9.47 Å². The fourth-order valence-corrected chi connectivity index (χ4v) is 4.14. The predicted octanol–water partition coefficient (Wildman–Crippen LogP) is 6.32. The molecule has 0 radical (unpaired) electrons. The zero-order chi connectivity index (χ0) is 24.5. The highest BCUT2D eigenvalue weighted by atomic mass is 79.9. The first-order chi connectivity index (χ1) is 17.1. The first-order valence-corrected chi connectivity index (χ1v) is 12.2. The van der Waals surface area contributed by atoms with Crippen molar-refractivity contribution in [2.75, 3.05) is 13.7 Å². The lowest BCUT2D eigenvalue weighted by Crippen LogP contribution is -2.32. The molecule has 1 heterocycles. The largest absolute Gasteiger partial charge is 0.493 e. The quantitative estimate of drug-likeness (QED) is 0.241. The molecule has 0 atom stereocenters. The monoisotopic (exact) mass is 530 g/mol. The number of rotatable bonds is 10. The highest BCUT2D eigenvalue weighted by Crippen LogP contribution is 2.29. The number of hydrogen-bond donors (Lipinski definition) is 0. The van der Waals surface area contributed by atoms with E-state index in [2.05, 4.69) is 20.9 Å². The number of methoxy groups -OCH3 is 1. The van der Waals surface area contributed by atoms with Crippen LogP contribution in [0.3, 0.4) is 0 Å². The zero-order valence-corrected chi connectivity index (χ0v) is 21.1. The SMILES string of the molecule is COc1cc(CN(CCc2ccccn2)C(=O)c2cccc(Br)c2)ccc1OCc1ccccc1. The van der Waals surface area contributed by atoms with E-state index in [1.807, 2.05) is 95.9 Å². The van der Waals surface area contributed by atoms with Crippen LogP contribution >= 0.6 is 15.9 Å². The number of aromatic nitrogens is 1. The Morgan fingerprint density at radius 3 is 2.46 bits per heavy atom. The summed E-state index contributed by atoms with van der Waals surface area (Å²) in [5, 5.41) is 0. The number of pyridine rings is 1. The molecule has 0 saturated heterocycles. The van der Waals surface area contributed by atoms with Crippen molar-refractivity contribution in [3.8, 4) is 11.5 Å². The van der Waals surface area contributed by atoms with Gasteiger partial charge in [-0.25, -0.2) is 0 Å². The summed E-state index contributed by atoms with van der Waals surface area (Å²) in [6, 6.07) is 29.1. The van der Waals surface area contributed by atoms with E-state index in [9.17, 15) is 4.79 Å². The Morgan fingerprint density at radius 1 is 0.886 bits per heavy atom. The van der Waals surface area contributed by atoms with Gasteiger partial charge in [0.15, 0.2) is 11.5 Å². The van der Waals surface area contributed by atoms with Crippen molar-refractivity contribution in [1.82, 2.24) is 9.88 Å². The van der Waals surface area contributed by atoms with E-state index in [1.54, 1.807) is 13.3 Å². The number of halogens is 1. The summed E-state index contributed by atoms with van der Waals surface area (Å²) in [5.41, 5.74) is 3.62. The number of carbonyl (C=O) groups is 1.